The van der Waals surface area contributed by atoms with Gasteiger partial charge in [-0.2, -0.15) is 0 Å². The molecule has 2 aliphatic rings. The summed E-state index contributed by atoms with van der Waals surface area (Å²) in [6.45, 7) is 9.63. The molecule has 0 saturated carbocycles. The van der Waals surface area contributed by atoms with E-state index in [9.17, 15) is 0 Å². The van der Waals surface area contributed by atoms with E-state index in [2.05, 4.69) is 149 Å². The van der Waals surface area contributed by atoms with Crippen molar-refractivity contribution in [2.24, 2.45) is 0 Å². The molecule has 5 aromatic carbocycles. The molecule has 0 bridgehead atoms. The lowest BCUT2D eigenvalue weighted by molar-refractivity contribution is 1.47. The van der Waals surface area contributed by atoms with Gasteiger partial charge in [0.05, 0.1) is 0 Å². The Hall–Kier alpha value is -4.29. The van der Waals surface area contributed by atoms with Gasteiger partial charge in [0.15, 0.2) is 0 Å². The molecule has 0 amide bonds. The molecule has 0 fully saturated rings. The largest absolute Gasteiger partial charge is 0.207 e. The number of hydrogen-bond donors (Lipinski definition) is 0. The fourth-order valence-corrected chi connectivity index (χ4v) is 6.48. The summed E-state index contributed by atoms with van der Waals surface area (Å²) in [6.07, 6.45) is 9.31. The van der Waals surface area contributed by atoms with E-state index < -0.39 is 0 Å². The number of fused-ring (bicyclic) bond motifs is 4. The predicted octanol–water partition coefficient (Wildman–Crippen LogP) is 7.08. The minimum absolute atomic E-state index is 0.319. The Bertz CT molecular complexity index is 1690. The van der Waals surface area contributed by atoms with Crippen LogP contribution in [0.1, 0.15) is 33.4 Å². The molecule has 0 aromatic heterocycles. The maximum Gasteiger partial charge on any atom is 0.207 e. The third kappa shape index (κ3) is 4.29. The highest BCUT2D eigenvalue weighted by Crippen LogP contribution is 2.25. The minimum atomic E-state index is 0.319. The van der Waals surface area contributed by atoms with Gasteiger partial charge in [-0.15, -0.1) is 0 Å². The summed E-state index contributed by atoms with van der Waals surface area (Å²) in [5.41, 5.74) is 18.6. The number of rotatable bonds is 2. The topological polar surface area (TPSA) is 0 Å². The van der Waals surface area contributed by atoms with Gasteiger partial charge in [0.2, 0.25) is 13.4 Å². The van der Waals surface area contributed by atoms with Crippen LogP contribution in [-0.2, 0) is 0 Å². The molecule has 0 saturated heterocycles. The maximum atomic E-state index is 2.45. The van der Waals surface area contributed by atoms with E-state index in [-0.39, 0.29) is 0 Å². The summed E-state index contributed by atoms with van der Waals surface area (Å²) in [7, 11) is 0. The first-order chi connectivity index (χ1) is 19.4. The van der Waals surface area contributed by atoms with E-state index in [1.165, 1.54) is 77.5 Å². The first-order valence-corrected chi connectivity index (χ1v) is 14.4. The molecule has 2 heterocycles. The molecule has 2 aliphatic heterocycles. The van der Waals surface area contributed by atoms with Crippen LogP contribution in [-0.4, -0.2) is 13.4 Å². The average Bonchev–Trinajstić information content (AvgIpc) is 3.20. The van der Waals surface area contributed by atoms with Crippen LogP contribution in [0.15, 0.2) is 97.1 Å². The first kappa shape index (κ1) is 24.7. The predicted molar refractivity (Wildman–Crippen MR) is 179 cm³/mol. The van der Waals surface area contributed by atoms with Crippen molar-refractivity contribution >= 4 is 59.6 Å². The Morgan fingerprint density at radius 1 is 0.350 bits per heavy atom. The summed E-state index contributed by atoms with van der Waals surface area (Å²) in [4.78, 5) is 0. The van der Waals surface area contributed by atoms with Crippen molar-refractivity contribution in [2.75, 3.05) is 0 Å². The highest BCUT2D eigenvalue weighted by molar-refractivity contribution is 6.87. The Morgan fingerprint density at radius 2 is 0.675 bits per heavy atom. The van der Waals surface area contributed by atoms with E-state index >= 15 is 0 Å². The fourth-order valence-electron chi connectivity index (χ4n) is 6.48. The zero-order chi connectivity index (χ0) is 27.4. The van der Waals surface area contributed by atoms with E-state index in [1.54, 1.807) is 0 Å². The fraction of sp³-hybridized carbons (Fsp3) is 0.105. The van der Waals surface area contributed by atoms with Crippen LogP contribution >= 0.6 is 0 Å². The zero-order valence-corrected chi connectivity index (χ0v) is 23.7. The van der Waals surface area contributed by atoms with Gasteiger partial charge in [0.1, 0.15) is 0 Å². The summed E-state index contributed by atoms with van der Waals surface area (Å²) in [5, 5.41) is 0. The van der Waals surface area contributed by atoms with Crippen LogP contribution in [0.2, 0.25) is 13.6 Å². The molecule has 0 atom stereocenters. The number of benzene rings is 5. The second kappa shape index (κ2) is 9.72. The van der Waals surface area contributed by atoms with E-state index in [0.717, 1.165) is 0 Å². The van der Waals surface area contributed by atoms with Crippen LogP contribution < -0.4 is 21.9 Å². The van der Waals surface area contributed by atoms with Gasteiger partial charge in [-0.25, -0.2) is 0 Å². The normalized spacial score (nSPS) is 13.2. The summed E-state index contributed by atoms with van der Waals surface area (Å²) in [5.74, 6) is 0. The summed E-state index contributed by atoms with van der Waals surface area (Å²) >= 11 is 0. The van der Waals surface area contributed by atoms with Crippen molar-refractivity contribution in [3.8, 4) is 22.3 Å². The molecule has 190 valence electrons. The van der Waals surface area contributed by atoms with Crippen molar-refractivity contribution in [1.29, 1.82) is 0 Å². The van der Waals surface area contributed by atoms with Crippen LogP contribution in [0.4, 0.5) is 0 Å². The van der Waals surface area contributed by atoms with Crippen LogP contribution in [0.3, 0.4) is 0 Å². The molecule has 0 N–H and O–H groups in total. The monoisotopic (exact) mass is 510 g/mol. The van der Waals surface area contributed by atoms with Gasteiger partial charge < -0.3 is 0 Å². The quantitative estimate of drug-likeness (QED) is 0.223. The lowest BCUT2D eigenvalue weighted by Crippen LogP contribution is -2.45. The second-order valence-electron chi connectivity index (χ2n) is 11.6. The van der Waals surface area contributed by atoms with Gasteiger partial charge in [-0.3, -0.25) is 0 Å². The number of hydrogen-bond acceptors (Lipinski definition) is 0. The standard InChI is InChI=1S/C38H32B2/c1-25-5-9-27(10-6-25)29-17-19-35-31(21-29)13-15-33-23-38-34(24-37(33)39(35)3)16-14-32-22-30(18-20-36(32)40(38)4)28-11-7-26(2)8-12-28/h5-24H,1-4H3. The minimum Gasteiger partial charge on any atom is -0.0774 e. The molecular formula is C38H32B2. The Balaban J connectivity index is 1.27. The van der Waals surface area contributed by atoms with Crippen LogP contribution in [0.5, 0.6) is 0 Å². The lowest BCUT2D eigenvalue weighted by atomic mass is 9.38. The molecule has 2 heteroatoms. The SMILES string of the molecule is CB1c2ccc(-c3ccc(C)cc3)cc2C=Cc2cc3c(cc21)C=Cc1cc(-c2ccc(C)cc2)ccc1B3C. The zero-order valence-electron chi connectivity index (χ0n) is 23.7. The third-order valence-corrected chi connectivity index (χ3v) is 8.98. The molecule has 0 nitrogen and oxygen atoms in total. The second-order valence-corrected chi connectivity index (χ2v) is 11.6. The highest BCUT2D eigenvalue weighted by Gasteiger charge is 2.26. The van der Waals surface area contributed by atoms with Crippen molar-refractivity contribution in [3.63, 3.8) is 0 Å². The molecule has 40 heavy (non-hydrogen) atoms. The van der Waals surface area contributed by atoms with Gasteiger partial charge in [0.25, 0.3) is 0 Å². The Labute approximate surface area is 239 Å². The maximum absolute atomic E-state index is 2.45. The average molecular weight is 510 g/mol. The van der Waals surface area contributed by atoms with E-state index in [0.29, 0.717) is 13.4 Å². The van der Waals surface area contributed by atoms with Crippen LogP contribution in [0.25, 0.3) is 46.6 Å². The van der Waals surface area contributed by atoms with E-state index in [4.69, 9.17) is 0 Å². The van der Waals surface area contributed by atoms with E-state index in [1.807, 2.05) is 0 Å². The van der Waals surface area contributed by atoms with Gasteiger partial charge in [0, 0.05) is 0 Å². The molecule has 0 unspecified atom stereocenters. The molecular weight excluding hydrogens is 478 g/mol. The van der Waals surface area contributed by atoms with Crippen LogP contribution in [0, 0.1) is 13.8 Å². The van der Waals surface area contributed by atoms with Gasteiger partial charge in [-0.05, 0) is 70.5 Å². The van der Waals surface area contributed by atoms with Crippen molar-refractivity contribution in [1.82, 2.24) is 0 Å². The Morgan fingerprint density at radius 3 is 1.05 bits per heavy atom. The number of aryl methyl sites for hydroxylation is 2. The Kier molecular flexibility index (Phi) is 6.01. The summed E-state index contributed by atoms with van der Waals surface area (Å²) < 4.78 is 0. The molecule has 0 spiro atoms. The molecule has 0 aliphatic carbocycles. The van der Waals surface area contributed by atoms with Crippen molar-refractivity contribution < 1.29 is 0 Å². The first-order valence-electron chi connectivity index (χ1n) is 14.4. The highest BCUT2D eigenvalue weighted by atomic mass is 14.1. The third-order valence-electron chi connectivity index (χ3n) is 8.98. The molecule has 0 radical (unpaired) electrons. The van der Waals surface area contributed by atoms with Crippen molar-refractivity contribution in [3.05, 3.63) is 130 Å². The lowest BCUT2D eigenvalue weighted by Gasteiger charge is -2.19. The van der Waals surface area contributed by atoms with Gasteiger partial charge in [-0.1, -0.05) is 156 Å². The smallest absolute Gasteiger partial charge is 0.0774 e. The summed E-state index contributed by atoms with van der Waals surface area (Å²) in [6, 6.07) is 36.5. The van der Waals surface area contributed by atoms with Gasteiger partial charge >= 0.3 is 0 Å². The molecule has 7 rings (SSSR count). The molecule has 5 aromatic rings. The van der Waals surface area contributed by atoms with Crippen molar-refractivity contribution in [2.45, 2.75) is 27.5 Å².